The second kappa shape index (κ2) is 5.56. The maximum absolute atomic E-state index is 5.51. The van der Waals surface area contributed by atoms with E-state index in [-0.39, 0.29) is 0 Å². The molecule has 0 unspecified atom stereocenters. The van der Waals surface area contributed by atoms with Gasteiger partial charge in [0.15, 0.2) is 0 Å². The van der Waals surface area contributed by atoms with Crippen molar-refractivity contribution in [2.24, 2.45) is 5.10 Å². The van der Waals surface area contributed by atoms with Gasteiger partial charge in [-0.3, -0.25) is 14.8 Å². The van der Waals surface area contributed by atoms with E-state index >= 15 is 0 Å². The van der Waals surface area contributed by atoms with Gasteiger partial charge in [0.25, 0.3) is 0 Å². The molecule has 0 spiro atoms. The number of ether oxygens (including phenoxy) is 1. The molecule has 7 heteroatoms. The van der Waals surface area contributed by atoms with E-state index in [0.29, 0.717) is 12.1 Å². The van der Waals surface area contributed by atoms with E-state index in [4.69, 9.17) is 9.84 Å². The molecule has 1 aliphatic carbocycles. The van der Waals surface area contributed by atoms with E-state index < -0.39 is 0 Å². The molecule has 0 atom stereocenters. The Bertz CT molecular complexity index is 965. The molecule has 7 nitrogen and oxygen atoms in total. The van der Waals surface area contributed by atoms with Gasteiger partial charge in [-0.15, -0.1) is 0 Å². The van der Waals surface area contributed by atoms with Crippen molar-refractivity contribution in [1.29, 1.82) is 0 Å². The Hall–Kier alpha value is -2.41. The van der Waals surface area contributed by atoms with Crippen molar-refractivity contribution in [2.75, 3.05) is 13.2 Å². The third-order valence-corrected chi connectivity index (χ3v) is 5.28. The average Bonchev–Trinajstić information content (AvgIpc) is 3.18. The van der Waals surface area contributed by atoms with Crippen molar-refractivity contribution in [2.45, 2.75) is 45.3 Å². The van der Waals surface area contributed by atoms with Crippen molar-refractivity contribution in [3.05, 3.63) is 29.3 Å². The Morgan fingerprint density at radius 3 is 2.88 bits per heavy atom. The number of aromatic amines is 1. The molecule has 4 heterocycles. The van der Waals surface area contributed by atoms with Gasteiger partial charge in [0.1, 0.15) is 0 Å². The van der Waals surface area contributed by atoms with Crippen molar-refractivity contribution < 1.29 is 4.74 Å². The molecular weight excluding hydrogens is 316 g/mol. The summed E-state index contributed by atoms with van der Waals surface area (Å²) in [7, 11) is 0. The lowest BCUT2D eigenvalue weighted by Crippen LogP contribution is -2.34. The van der Waals surface area contributed by atoms with Gasteiger partial charge >= 0.3 is 0 Å². The molecule has 0 bridgehead atoms. The van der Waals surface area contributed by atoms with E-state index in [1.807, 2.05) is 12.3 Å². The Morgan fingerprint density at radius 2 is 2.08 bits per heavy atom. The molecule has 1 aromatic rings. The maximum atomic E-state index is 5.51. The summed E-state index contributed by atoms with van der Waals surface area (Å²) >= 11 is 0. The summed E-state index contributed by atoms with van der Waals surface area (Å²) in [5, 5.41) is 20.2. The fourth-order valence-electron chi connectivity index (χ4n) is 4.00. The highest BCUT2D eigenvalue weighted by molar-refractivity contribution is 5.92. The van der Waals surface area contributed by atoms with Crippen LogP contribution >= 0.6 is 0 Å². The second-order valence-electron chi connectivity index (χ2n) is 7.18. The predicted octanol–water partition coefficient (Wildman–Crippen LogP) is 2.26. The summed E-state index contributed by atoms with van der Waals surface area (Å²) in [6.07, 6.45) is 3.90. The highest BCUT2D eigenvalue weighted by atomic mass is 16.5. The molecule has 1 N–H and O–H groups in total. The molecule has 1 fully saturated rings. The highest BCUT2D eigenvalue weighted by Gasteiger charge is 2.29. The van der Waals surface area contributed by atoms with Gasteiger partial charge in [-0.25, -0.2) is 0 Å². The minimum atomic E-state index is 0.319. The minimum absolute atomic E-state index is 0.319. The monoisotopic (exact) mass is 338 g/mol. The van der Waals surface area contributed by atoms with Crippen LogP contribution in [0.2, 0.25) is 0 Å². The first kappa shape index (κ1) is 14.9. The zero-order chi connectivity index (χ0) is 17.0. The largest absolute Gasteiger partial charge is 0.381 e. The first-order valence-electron chi connectivity index (χ1n) is 8.99. The van der Waals surface area contributed by atoms with Crippen LogP contribution < -0.4 is 5.36 Å². The van der Waals surface area contributed by atoms with Gasteiger partial charge in [0.05, 0.1) is 46.4 Å². The maximum Gasteiger partial charge on any atom is 0.0973 e. The summed E-state index contributed by atoms with van der Waals surface area (Å²) in [5.41, 5.74) is 5.55. The first-order chi connectivity index (χ1) is 12.2. The van der Waals surface area contributed by atoms with Crippen LogP contribution in [0.5, 0.6) is 0 Å². The molecule has 0 aromatic carbocycles. The van der Waals surface area contributed by atoms with Gasteiger partial charge in [-0.1, -0.05) is 0 Å². The van der Waals surface area contributed by atoms with Crippen LogP contribution in [0.1, 0.15) is 38.3 Å². The fraction of sp³-hybridized carbons (Fsp3) is 0.500. The number of hydrogen-bond acceptors (Lipinski definition) is 5. The van der Waals surface area contributed by atoms with E-state index in [0.717, 1.165) is 54.6 Å². The van der Waals surface area contributed by atoms with Crippen LogP contribution in [-0.4, -0.2) is 44.2 Å². The molecule has 0 radical (unpaired) electrons. The van der Waals surface area contributed by atoms with Crippen LogP contribution in [0.3, 0.4) is 0 Å². The summed E-state index contributed by atoms with van der Waals surface area (Å²) in [5.74, 6) is 0. The number of aromatic nitrogens is 4. The average molecular weight is 338 g/mol. The van der Waals surface area contributed by atoms with Gasteiger partial charge in [-0.05, 0) is 38.8 Å². The zero-order valence-electron chi connectivity index (χ0n) is 14.6. The number of fused-ring (bicyclic) bond motifs is 2. The van der Waals surface area contributed by atoms with E-state index in [9.17, 15) is 0 Å². The number of rotatable bonds is 2. The smallest absolute Gasteiger partial charge is 0.0973 e. The zero-order valence-corrected chi connectivity index (χ0v) is 14.6. The molecule has 5 rings (SSSR count). The van der Waals surface area contributed by atoms with E-state index in [2.05, 4.69) is 44.9 Å². The van der Waals surface area contributed by atoms with Crippen LogP contribution in [0.15, 0.2) is 23.4 Å². The molecular formula is C18H22N6O. The standard InChI is InChI=1S/C18H22N6O/c1-11(2)24-18-13-10-23(12-5-7-25-8-6-12)21-14(13)3-4-15-17(18)16(22-24)9-19-20-15/h3-4,9,11-12,22H,5-8,10H2,1-2H3. The Labute approximate surface area is 145 Å². The summed E-state index contributed by atoms with van der Waals surface area (Å²) in [6, 6.07) is 4.91. The summed E-state index contributed by atoms with van der Waals surface area (Å²) in [6.45, 7) is 6.87. The van der Waals surface area contributed by atoms with Crippen molar-refractivity contribution in [1.82, 2.24) is 25.0 Å². The third kappa shape index (κ3) is 2.26. The van der Waals surface area contributed by atoms with Crippen LogP contribution in [0.25, 0.3) is 22.3 Å². The topological polar surface area (TPSA) is 71.3 Å². The molecule has 1 saturated heterocycles. The molecule has 25 heavy (non-hydrogen) atoms. The van der Waals surface area contributed by atoms with Crippen molar-refractivity contribution in [3.63, 3.8) is 0 Å². The van der Waals surface area contributed by atoms with Crippen molar-refractivity contribution >= 4 is 11.0 Å². The van der Waals surface area contributed by atoms with Gasteiger partial charge in [-0.2, -0.15) is 15.3 Å². The molecule has 4 aliphatic rings. The van der Waals surface area contributed by atoms with Crippen LogP contribution in [0, 0.1) is 0 Å². The van der Waals surface area contributed by atoms with E-state index in [1.54, 1.807) is 0 Å². The molecule has 130 valence electrons. The summed E-state index contributed by atoms with van der Waals surface area (Å²) < 4.78 is 7.73. The van der Waals surface area contributed by atoms with E-state index in [1.165, 1.54) is 11.3 Å². The molecule has 0 saturated carbocycles. The highest BCUT2D eigenvalue weighted by Crippen LogP contribution is 2.35. The summed E-state index contributed by atoms with van der Waals surface area (Å²) in [4.78, 5) is 0. The minimum Gasteiger partial charge on any atom is -0.381 e. The predicted molar refractivity (Wildman–Crippen MR) is 93.8 cm³/mol. The number of nitrogens with one attached hydrogen (secondary N) is 1. The van der Waals surface area contributed by atoms with Crippen LogP contribution in [-0.2, 0) is 11.3 Å². The Balaban J connectivity index is 1.71. The SMILES string of the molecule is CC(C)n1[nH]c2cnnc3ccc4c(c1-c32)CN(C1CCOCC1)N=4. The molecule has 0 amide bonds. The van der Waals surface area contributed by atoms with Crippen molar-refractivity contribution in [3.8, 4) is 11.3 Å². The fourth-order valence-corrected chi connectivity index (χ4v) is 4.00. The number of hydrogen-bond donors (Lipinski definition) is 1. The normalized spacial score (nSPS) is 18.3. The lowest BCUT2D eigenvalue weighted by molar-refractivity contribution is 0.0337. The lowest BCUT2D eigenvalue weighted by Gasteiger charge is -2.29. The molecule has 1 aromatic heterocycles. The Morgan fingerprint density at radius 1 is 1.24 bits per heavy atom. The van der Waals surface area contributed by atoms with Gasteiger partial charge in [0, 0.05) is 24.8 Å². The third-order valence-electron chi connectivity index (χ3n) is 5.28. The van der Waals surface area contributed by atoms with Gasteiger partial charge in [0.2, 0.25) is 0 Å². The lowest BCUT2D eigenvalue weighted by atomic mass is 10.1. The van der Waals surface area contributed by atoms with Gasteiger partial charge < -0.3 is 4.74 Å². The number of nitrogens with zero attached hydrogens (tertiary/aromatic N) is 5. The van der Waals surface area contributed by atoms with Crippen LogP contribution in [0.4, 0.5) is 0 Å². The molecule has 3 aliphatic heterocycles. The first-order valence-corrected chi connectivity index (χ1v) is 8.99. The quantitative estimate of drug-likeness (QED) is 0.778. The Kier molecular flexibility index (Phi) is 3.31. The number of H-pyrrole nitrogens is 1. The second-order valence-corrected chi connectivity index (χ2v) is 7.18.